The van der Waals surface area contributed by atoms with Gasteiger partial charge >= 0.3 is 0 Å². The average molecular weight is 396 g/mol. The number of para-hydroxylation sites is 1. The Morgan fingerprint density at radius 3 is 2.41 bits per heavy atom. The van der Waals surface area contributed by atoms with Crippen molar-refractivity contribution in [3.05, 3.63) is 71.0 Å². The molecule has 154 valence electrons. The molecule has 1 amide bonds. The fourth-order valence-corrected chi connectivity index (χ4v) is 3.56. The molecule has 0 bridgehead atoms. The molecule has 0 unspecified atom stereocenters. The quantitative estimate of drug-likeness (QED) is 0.554. The van der Waals surface area contributed by atoms with Gasteiger partial charge in [0.2, 0.25) is 0 Å². The Balaban J connectivity index is 1.78. The number of quaternary nitrogens is 1. The fraction of sp³-hybridized carbons (Fsp3) is 0.375. The zero-order valence-electron chi connectivity index (χ0n) is 17.6. The minimum Gasteiger partial charge on any atom is -0.451 e. The summed E-state index contributed by atoms with van der Waals surface area (Å²) in [5.74, 6) is 0.132. The zero-order chi connectivity index (χ0) is 20.6. The molecule has 3 rings (SSSR count). The summed E-state index contributed by atoms with van der Waals surface area (Å²) in [4.78, 5) is 14.5. The lowest BCUT2D eigenvalue weighted by Crippen LogP contribution is -3.10. The van der Waals surface area contributed by atoms with Crippen LogP contribution in [0.3, 0.4) is 0 Å². The van der Waals surface area contributed by atoms with Crippen molar-refractivity contribution in [3.8, 4) is 0 Å². The molecular formula is C24H31N2O3+. The summed E-state index contributed by atoms with van der Waals surface area (Å²) >= 11 is 0. The van der Waals surface area contributed by atoms with Crippen LogP contribution >= 0.6 is 0 Å². The molecule has 2 aromatic carbocycles. The first-order valence-electron chi connectivity index (χ1n) is 10.4. The maximum absolute atomic E-state index is 13.0. The molecule has 1 aromatic heterocycles. The molecule has 0 spiro atoms. The Morgan fingerprint density at radius 2 is 1.69 bits per heavy atom. The first-order chi connectivity index (χ1) is 14.2. The van der Waals surface area contributed by atoms with Gasteiger partial charge in [-0.2, -0.15) is 0 Å². The van der Waals surface area contributed by atoms with Crippen molar-refractivity contribution in [1.82, 2.24) is 5.32 Å². The van der Waals surface area contributed by atoms with Crippen molar-refractivity contribution < 1.29 is 18.8 Å². The molecule has 3 aromatic rings. The van der Waals surface area contributed by atoms with E-state index in [9.17, 15) is 4.79 Å². The Hall–Kier alpha value is -2.63. The van der Waals surface area contributed by atoms with Gasteiger partial charge in [0.05, 0.1) is 19.7 Å². The van der Waals surface area contributed by atoms with E-state index in [1.165, 1.54) is 10.5 Å². The molecule has 0 fully saturated rings. The van der Waals surface area contributed by atoms with E-state index in [0.29, 0.717) is 31.1 Å². The van der Waals surface area contributed by atoms with Crippen LogP contribution in [-0.4, -0.2) is 25.6 Å². The van der Waals surface area contributed by atoms with E-state index in [1.54, 1.807) is 0 Å². The fourth-order valence-electron chi connectivity index (χ4n) is 3.56. The molecule has 5 nitrogen and oxygen atoms in total. The topological polar surface area (TPSA) is 55.9 Å². The van der Waals surface area contributed by atoms with Crippen molar-refractivity contribution in [2.45, 2.75) is 40.5 Å². The van der Waals surface area contributed by atoms with Crippen LogP contribution in [0.25, 0.3) is 11.0 Å². The van der Waals surface area contributed by atoms with Crippen LogP contribution < -0.4 is 10.2 Å². The molecule has 0 saturated carbocycles. The van der Waals surface area contributed by atoms with E-state index in [-0.39, 0.29) is 5.91 Å². The van der Waals surface area contributed by atoms with Crippen LogP contribution in [-0.2, 0) is 24.4 Å². The Morgan fingerprint density at radius 1 is 1.00 bits per heavy atom. The summed E-state index contributed by atoms with van der Waals surface area (Å²) in [5.41, 5.74) is 3.92. The maximum Gasteiger partial charge on any atom is 0.287 e. The number of carbonyl (C=O) groups is 1. The molecule has 29 heavy (non-hydrogen) atoms. The number of fused-ring (bicyclic) bond motifs is 1. The molecule has 0 aliphatic carbocycles. The highest BCUT2D eigenvalue weighted by molar-refractivity contribution is 5.99. The molecular weight excluding hydrogens is 364 g/mol. The zero-order valence-corrected chi connectivity index (χ0v) is 17.6. The van der Waals surface area contributed by atoms with Gasteiger partial charge in [0, 0.05) is 29.7 Å². The van der Waals surface area contributed by atoms with Gasteiger partial charge < -0.3 is 19.4 Å². The second kappa shape index (κ2) is 10.2. The van der Waals surface area contributed by atoms with E-state index in [0.717, 1.165) is 36.1 Å². The molecule has 0 saturated heterocycles. The smallest absolute Gasteiger partial charge is 0.287 e. The third-order valence-corrected chi connectivity index (χ3v) is 5.35. The first kappa shape index (κ1) is 21.1. The van der Waals surface area contributed by atoms with Gasteiger partial charge in [0.1, 0.15) is 12.1 Å². The second-order valence-electron chi connectivity index (χ2n) is 7.13. The van der Waals surface area contributed by atoms with Crippen molar-refractivity contribution >= 4 is 16.9 Å². The lowest BCUT2D eigenvalue weighted by Gasteiger charge is -2.17. The molecule has 0 atom stereocenters. The molecule has 5 heteroatoms. The second-order valence-corrected chi connectivity index (χ2v) is 7.13. The SMILES string of the molecule is CCOCc1c(C(=O)NCc2ccccc2C[NH+](CC)CC)oc2ccccc12. The number of hydrogen-bond donors (Lipinski definition) is 2. The van der Waals surface area contributed by atoms with Crippen LogP contribution in [0.15, 0.2) is 52.9 Å². The monoisotopic (exact) mass is 395 g/mol. The van der Waals surface area contributed by atoms with Gasteiger partial charge in [-0.15, -0.1) is 0 Å². The van der Waals surface area contributed by atoms with Crippen molar-refractivity contribution in [2.24, 2.45) is 0 Å². The van der Waals surface area contributed by atoms with Gasteiger partial charge in [-0.1, -0.05) is 42.5 Å². The molecule has 0 radical (unpaired) electrons. The predicted molar refractivity (Wildman–Crippen MR) is 115 cm³/mol. The summed E-state index contributed by atoms with van der Waals surface area (Å²) in [6, 6.07) is 16.0. The number of amides is 1. The number of hydrogen-bond acceptors (Lipinski definition) is 3. The van der Waals surface area contributed by atoms with Gasteiger partial charge in [-0.25, -0.2) is 0 Å². The summed E-state index contributed by atoms with van der Waals surface area (Å²) in [6.07, 6.45) is 0. The molecule has 0 aliphatic heterocycles. The van der Waals surface area contributed by atoms with Crippen LogP contribution in [0.5, 0.6) is 0 Å². The van der Waals surface area contributed by atoms with E-state index in [4.69, 9.17) is 9.15 Å². The highest BCUT2D eigenvalue weighted by Gasteiger charge is 2.20. The Bertz CT molecular complexity index is 944. The van der Waals surface area contributed by atoms with Crippen LogP contribution in [0.1, 0.15) is 48.0 Å². The third kappa shape index (κ3) is 5.05. The number of nitrogens with one attached hydrogen (secondary N) is 2. The number of furan rings is 1. The number of carbonyl (C=O) groups excluding carboxylic acids is 1. The van der Waals surface area contributed by atoms with E-state index >= 15 is 0 Å². The van der Waals surface area contributed by atoms with Gasteiger partial charge in [-0.05, 0) is 32.4 Å². The van der Waals surface area contributed by atoms with E-state index in [2.05, 4.69) is 37.4 Å². The predicted octanol–water partition coefficient (Wildman–Crippen LogP) is 3.32. The highest BCUT2D eigenvalue weighted by atomic mass is 16.5. The van der Waals surface area contributed by atoms with Gasteiger partial charge in [0.25, 0.3) is 5.91 Å². The lowest BCUT2D eigenvalue weighted by molar-refractivity contribution is -0.910. The van der Waals surface area contributed by atoms with Gasteiger partial charge in [0.15, 0.2) is 5.76 Å². The van der Waals surface area contributed by atoms with E-state index < -0.39 is 0 Å². The highest BCUT2D eigenvalue weighted by Crippen LogP contribution is 2.26. The number of benzene rings is 2. The van der Waals surface area contributed by atoms with Crippen molar-refractivity contribution in [1.29, 1.82) is 0 Å². The van der Waals surface area contributed by atoms with Crippen molar-refractivity contribution in [3.63, 3.8) is 0 Å². The Kier molecular flexibility index (Phi) is 7.44. The third-order valence-electron chi connectivity index (χ3n) is 5.35. The summed E-state index contributed by atoms with van der Waals surface area (Å²) in [6.45, 7) is 10.9. The van der Waals surface area contributed by atoms with Crippen molar-refractivity contribution in [2.75, 3.05) is 19.7 Å². The summed E-state index contributed by atoms with van der Waals surface area (Å²) < 4.78 is 11.5. The molecule has 1 heterocycles. The Labute approximate surface area is 172 Å². The number of rotatable bonds is 10. The van der Waals surface area contributed by atoms with Crippen LogP contribution in [0.4, 0.5) is 0 Å². The number of ether oxygens (including phenoxy) is 1. The normalized spacial score (nSPS) is 11.3. The maximum atomic E-state index is 13.0. The van der Waals surface area contributed by atoms with E-state index in [1.807, 2.05) is 37.3 Å². The first-order valence-corrected chi connectivity index (χ1v) is 10.4. The van der Waals surface area contributed by atoms with Crippen LogP contribution in [0, 0.1) is 0 Å². The minimum atomic E-state index is -0.208. The summed E-state index contributed by atoms with van der Waals surface area (Å²) in [7, 11) is 0. The summed E-state index contributed by atoms with van der Waals surface area (Å²) in [5, 5.41) is 3.97. The van der Waals surface area contributed by atoms with Crippen LogP contribution in [0.2, 0.25) is 0 Å². The van der Waals surface area contributed by atoms with Gasteiger partial charge in [-0.3, -0.25) is 4.79 Å². The molecule has 2 N–H and O–H groups in total. The molecule has 0 aliphatic rings. The average Bonchev–Trinajstić information content (AvgIpc) is 3.13. The lowest BCUT2D eigenvalue weighted by atomic mass is 10.1. The standard InChI is InChI=1S/C24H30N2O3/c1-4-26(5-2)16-19-12-8-7-11-18(19)15-25-24(27)23-21(17-28-6-3)20-13-9-10-14-22(20)29-23/h7-14H,4-6,15-17H2,1-3H3,(H,25,27)/p+1. The minimum absolute atomic E-state index is 0.208. The largest absolute Gasteiger partial charge is 0.451 e.